The van der Waals surface area contributed by atoms with E-state index >= 15 is 0 Å². The number of benzene rings is 1. The summed E-state index contributed by atoms with van der Waals surface area (Å²) in [5.74, 6) is 0. The average Bonchev–Trinajstić information content (AvgIpc) is 2.71. The van der Waals surface area contributed by atoms with Crippen molar-refractivity contribution in [3.8, 4) is 11.1 Å². The maximum absolute atomic E-state index is 4.47. The molecule has 2 rings (SSSR count). The fourth-order valence-electron chi connectivity index (χ4n) is 1.99. The van der Waals surface area contributed by atoms with Crippen LogP contribution in [0.4, 0.5) is 0 Å². The lowest BCUT2D eigenvalue weighted by Gasteiger charge is -2.03. The lowest BCUT2D eigenvalue weighted by Crippen LogP contribution is -2.07. The van der Waals surface area contributed by atoms with Crippen LogP contribution in [0, 0.1) is 0 Å². The minimum absolute atomic E-state index is 0.797. The minimum atomic E-state index is 0.797. The van der Waals surface area contributed by atoms with Crippen LogP contribution in [0.25, 0.3) is 11.1 Å². The lowest BCUT2D eigenvalue weighted by molar-refractivity contribution is 0.712. The van der Waals surface area contributed by atoms with E-state index in [1.165, 1.54) is 16.7 Å². The second-order valence-electron chi connectivity index (χ2n) is 4.24. The number of rotatable bonds is 4. The van der Waals surface area contributed by atoms with Gasteiger partial charge in [-0.15, -0.1) is 0 Å². The van der Waals surface area contributed by atoms with Gasteiger partial charge < -0.3 is 5.32 Å². The van der Waals surface area contributed by atoms with Crippen LogP contribution in [0.2, 0.25) is 0 Å². The Labute approximate surface area is 102 Å². The molecule has 90 valence electrons. The summed E-state index contributed by atoms with van der Waals surface area (Å²) in [6.45, 7) is 2.97. The van der Waals surface area contributed by atoms with Gasteiger partial charge in [-0.25, -0.2) is 0 Å². The maximum Gasteiger partial charge on any atom is 0.0840 e. The molecule has 0 bridgehead atoms. The third-order valence-corrected chi connectivity index (χ3v) is 2.92. The van der Waals surface area contributed by atoms with Crippen LogP contribution in [0.5, 0.6) is 0 Å². The molecule has 0 aliphatic heterocycles. The Kier molecular flexibility index (Phi) is 3.59. The molecule has 0 saturated carbocycles. The van der Waals surface area contributed by atoms with Crippen LogP contribution in [0.15, 0.2) is 30.5 Å². The Morgan fingerprint density at radius 2 is 1.94 bits per heavy atom. The zero-order chi connectivity index (χ0) is 12.3. The largest absolute Gasteiger partial charge is 0.314 e. The third kappa shape index (κ3) is 2.56. The molecule has 17 heavy (non-hydrogen) atoms. The van der Waals surface area contributed by atoms with Crippen LogP contribution in [0.3, 0.4) is 0 Å². The molecular formula is C14H19N3. The molecule has 0 fully saturated rings. The number of hydrogen-bond acceptors (Lipinski definition) is 2. The molecule has 1 N–H and O–H groups in total. The molecule has 3 nitrogen and oxygen atoms in total. The number of aryl methyl sites for hydroxylation is 2. The highest BCUT2D eigenvalue weighted by molar-refractivity contribution is 5.65. The van der Waals surface area contributed by atoms with Gasteiger partial charge in [0.1, 0.15) is 0 Å². The first-order valence-electron chi connectivity index (χ1n) is 6.01. The topological polar surface area (TPSA) is 29.9 Å². The van der Waals surface area contributed by atoms with Gasteiger partial charge in [0.2, 0.25) is 0 Å². The number of nitrogens with zero attached hydrogens (tertiary/aromatic N) is 2. The zero-order valence-electron chi connectivity index (χ0n) is 10.7. The van der Waals surface area contributed by atoms with Crippen molar-refractivity contribution in [2.24, 2.45) is 7.05 Å². The van der Waals surface area contributed by atoms with E-state index < -0.39 is 0 Å². The first-order chi connectivity index (χ1) is 8.24. The monoisotopic (exact) mass is 229 g/mol. The van der Waals surface area contributed by atoms with Gasteiger partial charge in [-0.2, -0.15) is 5.10 Å². The predicted molar refractivity (Wildman–Crippen MR) is 70.8 cm³/mol. The average molecular weight is 229 g/mol. The fraction of sp³-hybridized carbons (Fsp3) is 0.357. The van der Waals surface area contributed by atoms with E-state index in [4.69, 9.17) is 0 Å². The van der Waals surface area contributed by atoms with Crippen LogP contribution in [-0.4, -0.2) is 16.8 Å². The highest BCUT2D eigenvalue weighted by Crippen LogP contribution is 2.23. The third-order valence-electron chi connectivity index (χ3n) is 2.92. The van der Waals surface area contributed by atoms with Crippen molar-refractivity contribution in [1.82, 2.24) is 15.1 Å². The predicted octanol–water partition coefficient (Wildman–Crippen LogP) is 2.37. The molecule has 3 heteroatoms. The van der Waals surface area contributed by atoms with Gasteiger partial charge >= 0.3 is 0 Å². The number of nitrogens with one attached hydrogen (secondary N) is 1. The van der Waals surface area contributed by atoms with E-state index in [-0.39, 0.29) is 0 Å². The van der Waals surface area contributed by atoms with Crippen molar-refractivity contribution in [2.75, 3.05) is 7.05 Å². The van der Waals surface area contributed by atoms with Crippen molar-refractivity contribution in [3.63, 3.8) is 0 Å². The molecule has 0 aliphatic rings. The van der Waals surface area contributed by atoms with Crippen molar-refractivity contribution in [2.45, 2.75) is 19.9 Å². The molecule has 0 amide bonds. The zero-order valence-corrected chi connectivity index (χ0v) is 10.7. The van der Waals surface area contributed by atoms with Crippen LogP contribution < -0.4 is 5.32 Å². The van der Waals surface area contributed by atoms with E-state index in [1.807, 2.05) is 18.8 Å². The van der Waals surface area contributed by atoms with Crippen molar-refractivity contribution in [3.05, 3.63) is 41.7 Å². The molecule has 0 aliphatic carbocycles. The van der Waals surface area contributed by atoms with Gasteiger partial charge in [-0.05, 0) is 24.6 Å². The first-order valence-corrected chi connectivity index (χ1v) is 6.01. The second-order valence-corrected chi connectivity index (χ2v) is 4.24. The van der Waals surface area contributed by atoms with Gasteiger partial charge in [0.25, 0.3) is 0 Å². The summed E-state index contributed by atoms with van der Waals surface area (Å²) in [5.41, 5.74) is 4.91. The fourth-order valence-corrected chi connectivity index (χ4v) is 1.99. The molecule has 1 aromatic carbocycles. The highest BCUT2D eigenvalue weighted by Gasteiger charge is 2.08. The molecule has 2 aromatic rings. The smallest absolute Gasteiger partial charge is 0.0840 e. The van der Waals surface area contributed by atoms with E-state index in [0.29, 0.717) is 0 Å². The normalized spacial score (nSPS) is 10.8. The Bertz CT molecular complexity index is 483. The van der Waals surface area contributed by atoms with Gasteiger partial charge in [0, 0.05) is 25.4 Å². The van der Waals surface area contributed by atoms with Gasteiger partial charge in [0.05, 0.1) is 5.69 Å². The second kappa shape index (κ2) is 5.15. The Balaban J connectivity index is 2.37. The van der Waals surface area contributed by atoms with Gasteiger partial charge in [0.15, 0.2) is 0 Å². The summed E-state index contributed by atoms with van der Waals surface area (Å²) in [6.07, 6.45) is 3.16. The first kappa shape index (κ1) is 11.9. The van der Waals surface area contributed by atoms with Crippen molar-refractivity contribution < 1.29 is 0 Å². The molecule has 0 atom stereocenters. The van der Waals surface area contributed by atoms with E-state index in [1.54, 1.807) is 0 Å². The highest BCUT2D eigenvalue weighted by atomic mass is 15.3. The van der Waals surface area contributed by atoms with E-state index in [9.17, 15) is 0 Å². The Morgan fingerprint density at radius 3 is 2.53 bits per heavy atom. The van der Waals surface area contributed by atoms with Crippen molar-refractivity contribution >= 4 is 0 Å². The van der Waals surface area contributed by atoms with Crippen LogP contribution in [-0.2, 0) is 20.0 Å². The summed E-state index contributed by atoms with van der Waals surface area (Å²) in [7, 11) is 3.90. The molecule has 0 unspecified atom stereocenters. The lowest BCUT2D eigenvalue weighted by atomic mass is 10.0. The minimum Gasteiger partial charge on any atom is -0.314 e. The molecule has 0 saturated heterocycles. The summed E-state index contributed by atoms with van der Waals surface area (Å²) >= 11 is 0. The quantitative estimate of drug-likeness (QED) is 0.872. The van der Waals surface area contributed by atoms with E-state index in [2.05, 4.69) is 47.8 Å². The number of aromatic nitrogens is 2. The van der Waals surface area contributed by atoms with Gasteiger partial charge in [-0.3, -0.25) is 4.68 Å². The molecule has 0 spiro atoms. The molecule has 1 heterocycles. The standard InChI is InChI=1S/C14H19N3/c1-4-11-5-7-12(8-6-11)13-10-17(3)16-14(13)9-15-2/h5-8,10,15H,4,9H2,1-3H3. The van der Waals surface area contributed by atoms with Crippen LogP contribution >= 0.6 is 0 Å². The summed E-state index contributed by atoms with van der Waals surface area (Å²) in [5, 5.41) is 7.63. The summed E-state index contributed by atoms with van der Waals surface area (Å²) in [6, 6.07) is 8.72. The number of hydrogen-bond donors (Lipinski definition) is 1. The van der Waals surface area contributed by atoms with Crippen LogP contribution in [0.1, 0.15) is 18.2 Å². The Hall–Kier alpha value is -1.61. The molecular weight excluding hydrogens is 210 g/mol. The summed E-state index contributed by atoms with van der Waals surface area (Å²) < 4.78 is 1.87. The van der Waals surface area contributed by atoms with Crippen molar-refractivity contribution in [1.29, 1.82) is 0 Å². The maximum atomic E-state index is 4.47. The SMILES string of the molecule is CCc1ccc(-c2cn(C)nc2CNC)cc1. The molecule has 0 radical (unpaired) electrons. The van der Waals surface area contributed by atoms with E-state index in [0.717, 1.165) is 18.7 Å². The summed E-state index contributed by atoms with van der Waals surface area (Å²) in [4.78, 5) is 0. The van der Waals surface area contributed by atoms with Gasteiger partial charge in [-0.1, -0.05) is 31.2 Å². The Morgan fingerprint density at radius 1 is 1.24 bits per heavy atom. The molecule has 1 aromatic heterocycles.